The van der Waals surface area contributed by atoms with Gasteiger partial charge in [-0.25, -0.2) is 4.99 Å². The van der Waals surface area contributed by atoms with Crippen LogP contribution in [-0.2, 0) is 13.6 Å². The lowest BCUT2D eigenvalue weighted by Crippen LogP contribution is -2.30. The van der Waals surface area contributed by atoms with Crippen molar-refractivity contribution in [1.82, 2.24) is 23.9 Å². The molecule has 390 valence electrons. The number of hydrogen-bond donors (Lipinski definition) is 0. The third-order valence-corrected chi connectivity index (χ3v) is 14.2. The Morgan fingerprint density at radius 1 is 0.679 bits per heavy atom. The zero-order valence-electron chi connectivity index (χ0n) is 45.8. The van der Waals surface area contributed by atoms with Crippen molar-refractivity contribution in [2.75, 3.05) is 20.8 Å². The summed E-state index contributed by atoms with van der Waals surface area (Å²) in [6.45, 7) is 17.8. The van der Waals surface area contributed by atoms with E-state index in [1.165, 1.54) is 78.0 Å². The summed E-state index contributed by atoms with van der Waals surface area (Å²) in [6, 6.07) is 49.7. The number of furan rings is 1. The highest BCUT2D eigenvalue weighted by Crippen LogP contribution is 2.44. The van der Waals surface area contributed by atoms with Crippen molar-refractivity contribution < 1.29 is 4.42 Å². The largest absolute Gasteiger partial charge is 0.456 e. The van der Waals surface area contributed by atoms with Gasteiger partial charge in [-0.15, -0.1) is 0 Å². The maximum atomic E-state index is 6.11. The molecule has 1 aliphatic heterocycles. The van der Waals surface area contributed by atoms with E-state index in [-0.39, 0.29) is 0 Å². The molecule has 2 atom stereocenters. The van der Waals surface area contributed by atoms with Crippen LogP contribution in [0, 0.1) is 18.8 Å². The summed E-state index contributed by atoms with van der Waals surface area (Å²) in [5.41, 5.74) is 13.9. The monoisotopic (exact) mass is 1020 g/mol. The van der Waals surface area contributed by atoms with Crippen LogP contribution in [0.4, 0.5) is 0 Å². The molecule has 3 aliphatic rings. The number of fused-ring (bicyclic) bond motifs is 10. The molecule has 10 aromatic rings. The summed E-state index contributed by atoms with van der Waals surface area (Å²) in [7, 11) is 6.37. The molecule has 0 saturated heterocycles. The number of aryl methyl sites for hydroxylation is 2. The predicted octanol–water partition coefficient (Wildman–Crippen LogP) is 17.3. The standard InChI is InChI=1S/C43H34N4O.C11H13N3.C7H8.C5H8.C4H6/c1-4-5-12-37(29-16-19-39-34(24-29)31-10-6-8-13-38(31)46(39)3)45(2)27-28-15-18-41-33(23-28)32-11-7-9-14-40(32)47(41)30-17-20-42-35(25-30)36-26-44-22-21-43(36)48-42;1-14-7-12-6-13-11(14)9-3-2-8-4-10(8)5-9;1-7-5-3-2-4-6-7;1-3-5-4-2;1-3-4-2/h4-26H,27H2,1-3H3;2-3,5-6,8,10H,4,7H2,1H3;2-6H,1H3;3-5H,1H2,2H3;3-4H,1-2H2/b5-4-,37-12-;;;5-4-;. The van der Waals surface area contributed by atoms with Gasteiger partial charge < -0.3 is 23.4 Å². The minimum Gasteiger partial charge on any atom is -0.456 e. The Labute approximate surface area is 459 Å². The van der Waals surface area contributed by atoms with Crippen LogP contribution < -0.4 is 0 Å². The van der Waals surface area contributed by atoms with E-state index >= 15 is 0 Å². The van der Waals surface area contributed by atoms with Crippen LogP contribution in [0.15, 0.2) is 258 Å². The zero-order valence-corrected chi connectivity index (χ0v) is 45.8. The molecule has 0 bridgehead atoms. The van der Waals surface area contributed by atoms with E-state index in [1.807, 2.05) is 56.6 Å². The third-order valence-electron chi connectivity index (χ3n) is 14.2. The first-order chi connectivity index (χ1) is 38.2. The van der Waals surface area contributed by atoms with Crippen molar-refractivity contribution in [2.45, 2.75) is 33.7 Å². The molecule has 0 N–H and O–H groups in total. The number of aliphatic imine (C=N–C) groups is 2. The Bertz CT molecular complexity index is 3990. The molecule has 0 amide bonds. The van der Waals surface area contributed by atoms with E-state index in [0.29, 0.717) is 0 Å². The molecule has 0 radical (unpaired) electrons. The number of aromatic nitrogens is 3. The molecule has 8 heteroatoms. The fourth-order valence-electron chi connectivity index (χ4n) is 10.2. The third kappa shape index (κ3) is 11.9. The number of nitrogens with zero attached hydrogens (tertiary/aromatic N) is 7. The summed E-state index contributed by atoms with van der Waals surface area (Å²) >= 11 is 0. The van der Waals surface area contributed by atoms with Crippen LogP contribution in [-0.4, -0.2) is 56.9 Å². The Balaban J connectivity index is 0.000000199. The first-order valence-electron chi connectivity index (χ1n) is 26.6. The van der Waals surface area contributed by atoms with E-state index in [2.05, 4.69) is 233 Å². The fourth-order valence-corrected chi connectivity index (χ4v) is 10.2. The molecule has 1 fully saturated rings. The van der Waals surface area contributed by atoms with Crippen LogP contribution in [0.2, 0.25) is 0 Å². The van der Waals surface area contributed by atoms with Crippen molar-refractivity contribution in [1.29, 1.82) is 0 Å². The number of benzene rings is 6. The maximum absolute atomic E-state index is 6.11. The minimum absolute atomic E-state index is 0.720. The highest BCUT2D eigenvalue weighted by Gasteiger charge is 2.36. The number of amidine groups is 1. The molecule has 6 aromatic carbocycles. The summed E-state index contributed by atoms with van der Waals surface area (Å²) in [5.74, 6) is 2.66. The van der Waals surface area contributed by atoms with E-state index in [1.54, 1.807) is 30.8 Å². The molecule has 2 unspecified atom stereocenters. The van der Waals surface area contributed by atoms with Crippen molar-refractivity contribution in [3.63, 3.8) is 0 Å². The highest BCUT2D eigenvalue weighted by molar-refractivity contribution is 6.11. The molecule has 0 spiro atoms. The maximum Gasteiger partial charge on any atom is 0.138 e. The Morgan fingerprint density at radius 2 is 1.36 bits per heavy atom. The van der Waals surface area contributed by atoms with E-state index in [0.717, 1.165) is 58.5 Å². The van der Waals surface area contributed by atoms with Gasteiger partial charge in [-0.3, -0.25) is 9.98 Å². The summed E-state index contributed by atoms with van der Waals surface area (Å²) in [6.07, 6.45) is 28.8. The first kappa shape index (κ1) is 53.6. The Morgan fingerprint density at radius 3 is 2.05 bits per heavy atom. The van der Waals surface area contributed by atoms with E-state index < -0.39 is 0 Å². The Kier molecular flexibility index (Phi) is 17.2. The lowest BCUT2D eigenvalue weighted by atomic mass is 10.0. The second kappa shape index (κ2) is 25.0. The molecule has 1 saturated carbocycles. The molecule has 5 heterocycles. The van der Waals surface area contributed by atoms with Gasteiger partial charge in [0.2, 0.25) is 0 Å². The Hall–Kier alpha value is -9.27. The second-order valence-corrected chi connectivity index (χ2v) is 19.6. The van der Waals surface area contributed by atoms with Gasteiger partial charge in [0.05, 0.1) is 11.0 Å². The van der Waals surface area contributed by atoms with Gasteiger partial charge in [-0.1, -0.05) is 165 Å². The van der Waals surface area contributed by atoms with Crippen LogP contribution >= 0.6 is 0 Å². The van der Waals surface area contributed by atoms with Gasteiger partial charge in [0.25, 0.3) is 0 Å². The van der Waals surface area contributed by atoms with Crippen molar-refractivity contribution in [3.05, 3.63) is 261 Å². The molecule has 4 aromatic heterocycles. The summed E-state index contributed by atoms with van der Waals surface area (Å²) in [5, 5.41) is 7.14. The smallest absolute Gasteiger partial charge is 0.138 e. The van der Waals surface area contributed by atoms with Gasteiger partial charge in [-0.05, 0) is 117 Å². The number of hydrogen-bond acceptors (Lipinski definition) is 6. The van der Waals surface area contributed by atoms with Gasteiger partial charge in [0.1, 0.15) is 30.0 Å². The lowest BCUT2D eigenvalue weighted by molar-refractivity contribution is 0.475. The number of pyridine rings is 1. The molecular formula is C70H69N7O. The highest BCUT2D eigenvalue weighted by atomic mass is 16.3. The molecule has 2 aliphatic carbocycles. The average molecular weight is 1020 g/mol. The van der Waals surface area contributed by atoms with Gasteiger partial charge in [-0.2, -0.15) is 0 Å². The molecular weight excluding hydrogens is 955 g/mol. The van der Waals surface area contributed by atoms with Gasteiger partial charge in [0.15, 0.2) is 0 Å². The molecule has 8 nitrogen and oxygen atoms in total. The number of likely N-dealkylation sites (N-methyl/N-ethyl adjacent to an activating group) is 1. The van der Waals surface area contributed by atoms with Gasteiger partial charge >= 0.3 is 0 Å². The lowest BCUT2D eigenvalue weighted by Gasteiger charge is -2.23. The SMILES string of the molecule is C/C=C\C=C(\c1ccc2c(c1)c1ccccc1n2C)N(C)Cc1ccc2c(c1)c1ccccc1n2-c1ccc2oc3ccncc3c2c1.C=C/C=C\C.C=CC=C.CN1CN=CN=C1C1=CC2CC2C=C1.Cc1ccccc1. The fraction of sp³-hybridized carbons (Fsp3) is 0.157. The predicted molar refractivity (Wildman–Crippen MR) is 334 cm³/mol. The van der Waals surface area contributed by atoms with Crippen molar-refractivity contribution in [2.24, 2.45) is 28.9 Å². The topological polar surface area (TPSA) is 67.1 Å². The quantitative estimate of drug-likeness (QED) is 0.135. The van der Waals surface area contributed by atoms with Crippen LogP contribution in [0.1, 0.15) is 37.0 Å². The number of rotatable bonds is 9. The second-order valence-electron chi connectivity index (χ2n) is 19.6. The summed E-state index contributed by atoms with van der Waals surface area (Å²) in [4.78, 5) is 17.2. The average Bonchev–Trinajstić information content (AvgIpc) is 4.08. The van der Waals surface area contributed by atoms with Crippen LogP contribution in [0.25, 0.3) is 76.9 Å². The molecule has 13 rings (SSSR count). The van der Waals surface area contributed by atoms with Gasteiger partial charge in [0, 0.05) is 100 Å². The number of para-hydroxylation sites is 2. The summed E-state index contributed by atoms with van der Waals surface area (Å²) < 4.78 is 10.8. The van der Waals surface area contributed by atoms with Crippen molar-refractivity contribution in [3.8, 4) is 5.69 Å². The number of allylic oxidation sites excluding steroid dienone is 10. The minimum atomic E-state index is 0.720. The van der Waals surface area contributed by atoms with Crippen LogP contribution in [0.5, 0.6) is 0 Å². The van der Waals surface area contributed by atoms with E-state index in [9.17, 15) is 0 Å². The van der Waals surface area contributed by atoms with Crippen molar-refractivity contribution >= 4 is 83.4 Å². The first-order valence-corrected chi connectivity index (χ1v) is 26.6. The van der Waals surface area contributed by atoms with Crippen LogP contribution in [0.3, 0.4) is 0 Å². The van der Waals surface area contributed by atoms with E-state index in [4.69, 9.17) is 4.42 Å². The zero-order chi connectivity index (χ0) is 54.5. The normalized spacial score (nSPS) is 15.4. The molecule has 78 heavy (non-hydrogen) atoms.